The smallest absolute Gasteiger partial charge is 0.301 e. The number of carbonyl (C=O) groups excluding carboxylic acids is 2. The largest absolute Gasteiger partial charge is 0.399 e. The number of benzene rings is 1. The van der Waals surface area contributed by atoms with E-state index >= 15 is 0 Å². The average molecular weight is 370 g/mol. The molecule has 21 heavy (non-hydrogen) atoms. The lowest BCUT2D eigenvalue weighted by Crippen LogP contribution is -2.45. The van der Waals surface area contributed by atoms with Gasteiger partial charge in [0.25, 0.3) is 5.78 Å². The van der Waals surface area contributed by atoms with E-state index < -0.39 is 20.0 Å². The molecule has 1 heterocycles. The molecule has 6 heteroatoms. The molecule has 114 valence electrons. The van der Waals surface area contributed by atoms with Crippen LogP contribution in [0.3, 0.4) is 0 Å². The molecule has 1 amide bonds. The summed E-state index contributed by atoms with van der Waals surface area (Å²) in [6.07, 6.45) is 0. The van der Waals surface area contributed by atoms with Crippen molar-refractivity contribution in [2.24, 2.45) is 0 Å². The predicted molar refractivity (Wildman–Crippen MR) is 89.1 cm³/mol. The quantitative estimate of drug-likeness (QED) is 0.598. The second kappa shape index (κ2) is 5.33. The number of para-hydroxylation sites is 1. The maximum atomic E-state index is 12.2. The molecule has 0 radical (unpaired) electrons. The Labute approximate surface area is 134 Å². The number of hydrogen-bond acceptors (Lipinski definition) is 3. The molecule has 4 nitrogen and oxygen atoms in total. The van der Waals surface area contributed by atoms with E-state index in [2.05, 4.69) is 49.8 Å². The van der Waals surface area contributed by atoms with E-state index in [9.17, 15) is 9.59 Å². The zero-order valence-corrected chi connectivity index (χ0v) is 15.6. The predicted octanol–water partition coefficient (Wildman–Crippen LogP) is 3.96. The lowest BCUT2D eigenvalue weighted by molar-refractivity contribution is -0.114. The first-order valence-electron chi connectivity index (χ1n) is 6.85. The Kier molecular flexibility index (Phi) is 4.16. The number of amides is 1. The van der Waals surface area contributed by atoms with Gasteiger partial charge < -0.3 is 4.43 Å². The van der Waals surface area contributed by atoms with Crippen molar-refractivity contribution in [1.82, 2.24) is 0 Å². The van der Waals surface area contributed by atoms with Gasteiger partial charge >= 0.3 is 5.91 Å². The third-order valence-corrected chi connectivity index (χ3v) is 9.40. The molecule has 0 atom stereocenters. The first-order valence-corrected chi connectivity index (χ1v) is 10.5. The van der Waals surface area contributed by atoms with Gasteiger partial charge in [-0.15, -0.1) is 0 Å². The van der Waals surface area contributed by atoms with E-state index in [1.54, 1.807) is 12.1 Å². The van der Waals surface area contributed by atoms with Gasteiger partial charge in [-0.2, -0.15) is 0 Å². The molecule has 1 aromatic rings. The van der Waals surface area contributed by atoms with Gasteiger partial charge in [-0.3, -0.25) is 14.5 Å². The van der Waals surface area contributed by atoms with E-state index in [1.165, 1.54) is 4.90 Å². The molecule has 0 bridgehead atoms. The second-order valence-corrected chi connectivity index (χ2v) is 12.4. The zero-order chi connectivity index (χ0) is 16.0. The summed E-state index contributed by atoms with van der Waals surface area (Å²) in [4.78, 5) is 25.6. The molecule has 1 aliphatic heterocycles. The third-order valence-electron chi connectivity index (χ3n) is 4.30. The first-order chi connectivity index (χ1) is 9.56. The van der Waals surface area contributed by atoms with Crippen molar-refractivity contribution in [2.45, 2.75) is 38.9 Å². The summed E-state index contributed by atoms with van der Waals surface area (Å²) in [7, 11) is -1.98. The minimum atomic E-state index is -1.98. The van der Waals surface area contributed by atoms with Crippen LogP contribution in [0.25, 0.3) is 0 Å². The van der Waals surface area contributed by atoms with Gasteiger partial charge in [0.15, 0.2) is 8.32 Å². The van der Waals surface area contributed by atoms with E-state index in [-0.39, 0.29) is 11.8 Å². The molecular formula is C15H20BrNO3Si. The zero-order valence-electron chi connectivity index (χ0n) is 13.0. The Hall–Kier alpha value is -0.983. The summed E-state index contributed by atoms with van der Waals surface area (Å²) in [5, 5.41) is 0.0521. The summed E-state index contributed by atoms with van der Waals surface area (Å²) in [6.45, 7) is 10.8. The number of Topliss-reactive ketones (excluding diaryl/α,β-unsaturated/α-hetero) is 1. The molecule has 0 saturated heterocycles. The van der Waals surface area contributed by atoms with Crippen LogP contribution in [-0.4, -0.2) is 26.7 Å². The summed E-state index contributed by atoms with van der Waals surface area (Å²) in [5.74, 6) is -0.985. The lowest BCUT2D eigenvalue weighted by Gasteiger charge is -2.37. The van der Waals surface area contributed by atoms with E-state index in [0.29, 0.717) is 11.3 Å². The fourth-order valence-electron chi connectivity index (χ4n) is 1.88. The van der Waals surface area contributed by atoms with Crippen molar-refractivity contribution in [3.8, 4) is 0 Å². The minimum Gasteiger partial charge on any atom is -0.399 e. The van der Waals surface area contributed by atoms with Crippen molar-refractivity contribution >= 4 is 41.6 Å². The first kappa shape index (κ1) is 16.4. The summed E-state index contributed by atoms with van der Waals surface area (Å²) >= 11 is 3.41. The van der Waals surface area contributed by atoms with Crippen LogP contribution in [0, 0.1) is 0 Å². The van der Waals surface area contributed by atoms with Gasteiger partial charge in [-0.25, -0.2) is 0 Å². The van der Waals surface area contributed by atoms with Crippen molar-refractivity contribution in [3.63, 3.8) is 0 Å². The van der Waals surface area contributed by atoms with Gasteiger partial charge in [0, 0.05) is 4.47 Å². The molecule has 0 aliphatic carbocycles. The standard InChI is InChI=1S/C15H20BrNO3Si/c1-15(2,3)21(4,5)20-9-17-12-10(13(18)14(17)19)7-6-8-11(12)16/h6-8H,9H2,1-5H3. The lowest BCUT2D eigenvalue weighted by atomic mass is 10.1. The monoisotopic (exact) mass is 369 g/mol. The molecule has 2 rings (SSSR count). The molecule has 0 saturated carbocycles. The number of anilines is 1. The average Bonchev–Trinajstić information content (AvgIpc) is 2.61. The number of nitrogens with zero attached hydrogens (tertiary/aromatic N) is 1. The Balaban J connectivity index is 2.27. The number of rotatable bonds is 3. The van der Waals surface area contributed by atoms with Gasteiger partial charge in [-0.05, 0) is 46.2 Å². The van der Waals surface area contributed by atoms with E-state index in [0.717, 1.165) is 4.47 Å². The van der Waals surface area contributed by atoms with Crippen LogP contribution in [0.2, 0.25) is 18.1 Å². The van der Waals surface area contributed by atoms with Crippen LogP contribution in [0.5, 0.6) is 0 Å². The van der Waals surface area contributed by atoms with Crippen molar-refractivity contribution in [1.29, 1.82) is 0 Å². The Morgan fingerprint density at radius 1 is 1.24 bits per heavy atom. The molecular weight excluding hydrogens is 350 g/mol. The van der Waals surface area contributed by atoms with Crippen molar-refractivity contribution < 1.29 is 14.0 Å². The number of hydrogen-bond donors (Lipinski definition) is 0. The second-order valence-electron chi connectivity index (χ2n) is 6.73. The summed E-state index contributed by atoms with van der Waals surface area (Å²) < 4.78 is 6.81. The fraction of sp³-hybridized carbons (Fsp3) is 0.467. The number of halogens is 1. The van der Waals surface area contributed by atoms with Gasteiger partial charge in [0.05, 0.1) is 11.3 Å². The molecule has 0 aromatic heterocycles. The van der Waals surface area contributed by atoms with Crippen molar-refractivity contribution in [3.05, 3.63) is 28.2 Å². The third kappa shape index (κ3) is 2.84. The summed E-state index contributed by atoms with van der Waals surface area (Å²) in [6, 6.07) is 5.25. The van der Waals surface area contributed by atoms with Gasteiger partial charge in [-0.1, -0.05) is 26.8 Å². The maximum Gasteiger partial charge on any atom is 0.301 e. The molecule has 1 aliphatic rings. The SMILES string of the molecule is CC(C)(C)[Si](C)(C)OCN1C(=O)C(=O)c2cccc(Br)c21. The Bertz CT molecular complexity index is 607. The highest BCUT2D eigenvalue weighted by Crippen LogP contribution is 2.39. The molecule has 1 aromatic carbocycles. The number of fused-ring (bicyclic) bond motifs is 1. The number of carbonyl (C=O) groups is 2. The number of ketones is 1. The summed E-state index contributed by atoms with van der Waals surface area (Å²) in [5.41, 5.74) is 1.06. The van der Waals surface area contributed by atoms with Crippen LogP contribution in [0.4, 0.5) is 5.69 Å². The normalized spacial score (nSPS) is 15.6. The Morgan fingerprint density at radius 3 is 2.43 bits per heavy atom. The fourth-order valence-corrected chi connectivity index (χ4v) is 3.34. The highest BCUT2D eigenvalue weighted by atomic mass is 79.9. The van der Waals surface area contributed by atoms with Crippen LogP contribution >= 0.6 is 15.9 Å². The van der Waals surface area contributed by atoms with Crippen LogP contribution in [0.15, 0.2) is 22.7 Å². The van der Waals surface area contributed by atoms with Gasteiger partial charge in [0.2, 0.25) is 0 Å². The van der Waals surface area contributed by atoms with E-state index in [1.807, 2.05) is 6.07 Å². The molecule has 0 fully saturated rings. The highest BCUT2D eigenvalue weighted by molar-refractivity contribution is 9.10. The van der Waals surface area contributed by atoms with Crippen LogP contribution in [-0.2, 0) is 9.22 Å². The highest BCUT2D eigenvalue weighted by Gasteiger charge is 2.41. The molecule has 0 unspecified atom stereocenters. The van der Waals surface area contributed by atoms with Crippen LogP contribution in [0.1, 0.15) is 31.1 Å². The van der Waals surface area contributed by atoms with Crippen LogP contribution < -0.4 is 4.90 Å². The van der Waals surface area contributed by atoms with E-state index in [4.69, 9.17) is 4.43 Å². The maximum absolute atomic E-state index is 12.2. The van der Waals surface area contributed by atoms with Crippen molar-refractivity contribution in [2.75, 3.05) is 11.6 Å². The molecule has 0 N–H and O–H groups in total. The van der Waals surface area contributed by atoms with Gasteiger partial charge in [0.1, 0.15) is 6.73 Å². The minimum absolute atomic E-state index is 0.0521. The molecule has 0 spiro atoms. The Morgan fingerprint density at radius 2 is 1.86 bits per heavy atom. The topological polar surface area (TPSA) is 46.6 Å².